The van der Waals surface area contributed by atoms with Crippen LogP contribution in [-0.4, -0.2) is 47.9 Å². The van der Waals surface area contributed by atoms with Gasteiger partial charge in [-0.15, -0.1) is 0 Å². The quantitative estimate of drug-likeness (QED) is 0.587. The van der Waals surface area contributed by atoms with E-state index in [9.17, 15) is 8.42 Å². The van der Waals surface area contributed by atoms with Crippen molar-refractivity contribution in [2.45, 2.75) is 31.3 Å². The number of rotatable bonds is 11. The fourth-order valence-corrected chi connectivity index (χ4v) is 3.35. The lowest BCUT2D eigenvalue weighted by atomic mass is 10.3. The highest BCUT2D eigenvalue weighted by atomic mass is 35.5. The van der Waals surface area contributed by atoms with Gasteiger partial charge in [0.1, 0.15) is 16.7 Å². The van der Waals surface area contributed by atoms with Crippen molar-refractivity contribution in [1.82, 2.24) is 10.0 Å². The maximum atomic E-state index is 12.5. The van der Waals surface area contributed by atoms with Gasteiger partial charge >= 0.3 is 0 Å². The summed E-state index contributed by atoms with van der Waals surface area (Å²) in [4.78, 5) is 0.0310. The van der Waals surface area contributed by atoms with Gasteiger partial charge in [-0.05, 0) is 38.1 Å². The number of hydrogen-bond donors (Lipinski definition) is 2. The molecule has 8 heteroatoms. The Morgan fingerprint density at radius 3 is 2.65 bits per heavy atom. The van der Waals surface area contributed by atoms with E-state index in [1.54, 1.807) is 26.2 Å². The van der Waals surface area contributed by atoms with Gasteiger partial charge in [-0.25, -0.2) is 13.1 Å². The first kappa shape index (κ1) is 20.2. The smallest absolute Gasteiger partial charge is 0.244 e. The van der Waals surface area contributed by atoms with Crippen LogP contribution >= 0.6 is 11.6 Å². The number of hydrogen-bond acceptors (Lipinski definition) is 5. The molecule has 0 saturated heterocycles. The van der Waals surface area contributed by atoms with Crippen LogP contribution < -0.4 is 14.8 Å². The molecule has 0 aliphatic heterocycles. The summed E-state index contributed by atoms with van der Waals surface area (Å²) >= 11 is 5.94. The second-order valence-electron chi connectivity index (χ2n) is 5.12. The van der Waals surface area contributed by atoms with Crippen molar-refractivity contribution >= 4 is 21.6 Å². The van der Waals surface area contributed by atoms with Crippen LogP contribution in [0.2, 0.25) is 5.02 Å². The molecular weight excluding hydrogens is 340 g/mol. The minimum Gasteiger partial charge on any atom is -0.487 e. The highest BCUT2D eigenvalue weighted by Crippen LogP contribution is 2.28. The Morgan fingerprint density at radius 2 is 2.00 bits per heavy atom. The molecule has 0 fully saturated rings. The molecule has 0 amide bonds. The van der Waals surface area contributed by atoms with Crippen molar-refractivity contribution < 1.29 is 17.9 Å². The van der Waals surface area contributed by atoms with E-state index in [1.165, 1.54) is 6.07 Å². The summed E-state index contributed by atoms with van der Waals surface area (Å²) in [5, 5.41) is 3.47. The van der Waals surface area contributed by atoms with E-state index in [0.29, 0.717) is 24.7 Å². The fourth-order valence-electron chi connectivity index (χ4n) is 1.93. The van der Waals surface area contributed by atoms with Gasteiger partial charge in [0.2, 0.25) is 10.0 Å². The Hall–Kier alpha value is -0.860. The van der Waals surface area contributed by atoms with Crippen molar-refractivity contribution in [2.75, 3.05) is 33.4 Å². The molecule has 0 saturated carbocycles. The van der Waals surface area contributed by atoms with Crippen LogP contribution in [0.15, 0.2) is 23.1 Å². The maximum Gasteiger partial charge on any atom is 0.244 e. The zero-order valence-corrected chi connectivity index (χ0v) is 15.3. The number of nitrogens with one attached hydrogen (secondary N) is 2. The molecule has 1 aromatic rings. The third kappa shape index (κ3) is 7.05. The van der Waals surface area contributed by atoms with E-state index in [1.807, 2.05) is 6.92 Å². The standard InChI is InChI=1S/C15H25ClN2O4S/c1-4-7-17-8-9-18-23(19,20)15-10-13(16)5-6-14(15)22-12(2)11-21-3/h5-6,10,12,17-18H,4,7-9,11H2,1-3H3. The van der Waals surface area contributed by atoms with Gasteiger partial charge in [-0.2, -0.15) is 0 Å². The Bertz CT molecular complexity index is 581. The first-order chi connectivity index (χ1) is 10.9. The molecule has 0 aromatic heterocycles. The van der Waals surface area contributed by atoms with Gasteiger partial charge in [0.05, 0.1) is 6.61 Å². The van der Waals surface area contributed by atoms with Crippen LogP contribution in [-0.2, 0) is 14.8 Å². The summed E-state index contributed by atoms with van der Waals surface area (Å²) in [5.41, 5.74) is 0. The van der Waals surface area contributed by atoms with Crippen LogP contribution in [0.25, 0.3) is 0 Å². The lowest BCUT2D eigenvalue weighted by Gasteiger charge is -2.17. The van der Waals surface area contributed by atoms with Gasteiger partial charge in [0.25, 0.3) is 0 Å². The van der Waals surface area contributed by atoms with E-state index >= 15 is 0 Å². The zero-order valence-electron chi connectivity index (χ0n) is 13.8. The number of ether oxygens (including phenoxy) is 2. The van der Waals surface area contributed by atoms with Crippen molar-refractivity contribution in [1.29, 1.82) is 0 Å². The highest BCUT2D eigenvalue weighted by molar-refractivity contribution is 7.89. The third-order valence-corrected chi connectivity index (χ3v) is 4.66. The lowest BCUT2D eigenvalue weighted by molar-refractivity contribution is 0.0901. The van der Waals surface area contributed by atoms with Crippen LogP contribution in [0.5, 0.6) is 5.75 Å². The molecule has 23 heavy (non-hydrogen) atoms. The van der Waals surface area contributed by atoms with Crippen molar-refractivity contribution in [3.8, 4) is 5.75 Å². The molecule has 0 radical (unpaired) electrons. The SMILES string of the molecule is CCCNCCNS(=O)(=O)c1cc(Cl)ccc1OC(C)COC. The largest absolute Gasteiger partial charge is 0.487 e. The molecule has 132 valence electrons. The fraction of sp³-hybridized carbons (Fsp3) is 0.600. The van der Waals surface area contributed by atoms with E-state index < -0.39 is 10.0 Å². The second-order valence-corrected chi connectivity index (χ2v) is 7.29. The predicted molar refractivity (Wildman–Crippen MR) is 91.8 cm³/mol. The molecule has 2 N–H and O–H groups in total. The van der Waals surface area contributed by atoms with E-state index in [2.05, 4.69) is 10.0 Å². The Morgan fingerprint density at radius 1 is 1.26 bits per heavy atom. The van der Waals surface area contributed by atoms with Crippen molar-refractivity contribution in [3.63, 3.8) is 0 Å². The highest BCUT2D eigenvalue weighted by Gasteiger charge is 2.21. The summed E-state index contributed by atoms with van der Waals surface area (Å²) in [6.07, 6.45) is 0.720. The Labute approximate surface area is 143 Å². The normalized spacial score (nSPS) is 13.0. The van der Waals surface area contributed by atoms with Crippen LogP contribution in [0, 0.1) is 0 Å². The van der Waals surface area contributed by atoms with Gasteiger partial charge < -0.3 is 14.8 Å². The van der Waals surface area contributed by atoms with E-state index in [-0.39, 0.29) is 16.7 Å². The molecule has 6 nitrogen and oxygen atoms in total. The molecule has 1 unspecified atom stereocenters. The van der Waals surface area contributed by atoms with Crippen LogP contribution in [0.1, 0.15) is 20.3 Å². The average Bonchev–Trinajstić information content (AvgIpc) is 2.49. The van der Waals surface area contributed by atoms with Crippen LogP contribution in [0.4, 0.5) is 0 Å². The third-order valence-electron chi connectivity index (χ3n) is 2.95. The van der Waals surface area contributed by atoms with E-state index in [0.717, 1.165) is 13.0 Å². The first-order valence-corrected chi connectivity index (χ1v) is 9.42. The summed E-state index contributed by atoms with van der Waals surface area (Å²) < 4.78 is 38.1. The molecule has 0 bridgehead atoms. The number of benzene rings is 1. The molecule has 0 spiro atoms. The maximum absolute atomic E-state index is 12.5. The molecule has 0 aliphatic rings. The minimum atomic E-state index is -3.70. The second kappa shape index (κ2) is 10.1. The monoisotopic (exact) mass is 364 g/mol. The average molecular weight is 365 g/mol. The summed E-state index contributed by atoms with van der Waals surface area (Å²) in [6, 6.07) is 4.54. The molecule has 0 heterocycles. The summed E-state index contributed by atoms with van der Waals surface area (Å²) in [6.45, 7) is 5.91. The minimum absolute atomic E-state index is 0.0310. The number of methoxy groups -OCH3 is 1. The van der Waals surface area contributed by atoms with Crippen LogP contribution in [0.3, 0.4) is 0 Å². The summed E-state index contributed by atoms with van der Waals surface area (Å²) in [7, 11) is -2.14. The number of sulfonamides is 1. The van der Waals surface area contributed by atoms with Crippen molar-refractivity contribution in [3.05, 3.63) is 23.2 Å². The molecule has 1 atom stereocenters. The van der Waals surface area contributed by atoms with Gasteiger partial charge in [0.15, 0.2) is 0 Å². The Balaban J connectivity index is 2.84. The molecule has 1 rings (SSSR count). The molecule has 1 aromatic carbocycles. The predicted octanol–water partition coefficient (Wildman–Crippen LogP) is 2.03. The lowest BCUT2D eigenvalue weighted by Crippen LogP contribution is -2.32. The summed E-state index contributed by atoms with van der Waals surface area (Å²) in [5.74, 6) is 0.257. The van der Waals surface area contributed by atoms with Crippen molar-refractivity contribution in [2.24, 2.45) is 0 Å². The van der Waals surface area contributed by atoms with Gasteiger partial charge in [-0.1, -0.05) is 18.5 Å². The Kier molecular flexibility index (Phi) is 8.86. The van der Waals surface area contributed by atoms with Gasteiger partial charge in [0, 0.05) is 25.2 Å². The number of halogens is 1. The first-order valence-electron chi connectivity index (χ1n) is 7.56. The van der Waals surface area contributed by atoms with E-state index in [4.69, 9.17) is 21.1 Å². The van der Waals surface area contributed by atoms with Gasteiger partial charge in [-0.3, -0.25) is 0 Å². The molecular formula is C15H25ClN2O4S. The zero-order chi connectivity index (χ0) is 17.3. The topological polar surface area (TPSA) is 76.7 Å². The molecule has 0 aliphatic carbocycles.